The Morgan fingerprint density at radius 2 is 2.22 bits per heavy atom. The lowest BCUT2D eigenvalue weighted by Crippen LogP contribution is -2.31. The maximum atomic E-state index is 11.5. The molecule has 6 nitrogen and oxygen atoms in total. The molecular formula is C12H20N4O2. The topological polar surface area (TPSA) is 86.9 Å². The zero-order valence-electron chi connectivity index (χ0n) is 11.0. The van der Waals surface area contributed by atoms with Gasteiger partial charge in [-0.3, -0.25) is 15.1 Å². The minimum atomic E-state index is -0.354. The second-order valence-electron chi connectivity index (χ2n) is 4.41. The van der Waals surface area contributed by atoms with Crippen LogP contribution < -0.4 is 16.2 Å². The van der Waals surface area contributed by atoms with Gasteiger partial charge in [0.2, 0.25) is 5.95 Å². The highest BCUT2D eigenvalue weighted by Gasteiger charge is 2.07. The van der Waals surface area contributed by atoms with Crippen LogP contribution in [0.3, 0.4) is 0 Å². The van der Waals surface area contributed by atoms with Gasteiger partial charge in [0.25, 0.3) is 5.56 Å². The van der Waals surface area contributed by atoms with Gasteiger partial charge in [0.1, 0.15) is 0 Å². The summed E-state index contributed by atoms with van der Waals surface area (Å²) >= 11 is 0. The maximum Gasteiger partial charge on any atom is 0.321 e. The van der Waals surface area contributed by atoms with Gasteiger partial charge in [-0.25, -0.2) is 9.78 Å². The van der Waals surface area contributed by atoms with Crippen LogP contribution in [0.1, 0.15) is 45.2 Å². The summed E-state index contributed by atoms with van der Waals surface area (Å²) in [5.41, 5.74) is 0.389. The zero-order valence-corrected chi connectivity index (χ0v) is 11.0. The Bertz CT molecular complexity index is 454. The number of nitrogens with zero attached hydrogens (tertiary/aromatic N) is 1. The van der Waals surface area contributed by atoms with E-state index in [1.807, 2.05) is 20.8 Å². The average Bonchev–Trinajstić information content (AvgIpc) is 2.28. The average molecular weight is 252 g/mol. The van der Waals surface area contributed by atoms with E-state index in [0.29, 0.717) is 12.2 Å². The van der Waals surface area contributed by atoms with Gasteiger partial charge in [-0.05, 0) is 12.3 Å². The molecule has 0 aliphatic heterocycles. The molecule has 2 amide bonds. The fourth-order valence-corrected chi connectivity index (χ4v) is 1.36. The molecule has 0 atom stereocenters. The summed E-state index contributed by atoms with van der Waals surface area (Å²) in [6.07, 6.45) is 1.93. The fraction of sp³-hybridized carbons (Fsp3) is 0.583. The summed E-state index contributed by atoms with van der Waals surface area (Å²) < 4.78 is 0. The number of anilines is 1. The highest BCUT2D eigenvalue weighted by Crippen LogP contribution is 2.09. The van der Waals surface area contributed by atoms with E-state index in [1.54, 1.807) is 0 Å². The minimum Gasteiger partial charge on any atom is -0.338 e. The fourth-order valence-electron chi connectivity index (χ4n) is 1.36. The highest BCUT2D eigenvalue weighted by atomic mass is 16.2. The molecule has 18 heavy (non-hydrogen) atoms. The van der Waals surface area contributed by atoms with E-state index in [2.05, 4.69) is 20.6 Å². The molecule has 0 radical (unpaired) electrons. The number of hydrogen-bond donors (Lipinski definition) is 3. The number of aromatic nitrogens is 2. The number of rotatable bonds is 5. The van der Waals surface area contributed by atoms with E-state index in [9.17, 15) is 9.59 Å². The van der Waals surface area contributed by atoms with E-state index in [4.69, 9.17) is 0 Å². The second-order valence-corrected chi connectivity index (χ2v) is 4.41. The first-order valence-electron chi connectivity index (χ1n) is 6.19. The molecule has 0 unspecified atom stereocenters. The Labute approximate surface area is 106 Å². The van der Waals surface area contributed by atoms with Crippen molar-refractivity contribution in [3.05, 3.63) is 22.1 Å². The van der Waals surface area contributed by atoms with Crippen LogP contribution in [0.25, 0.3) is 0 Å². The molecule has 3 N–H and O–H groups in total. The Morgan fingerprint density at radius 1 is 1.50 bits per heavy atom. The number of unbranched alkanes of at least 4 members (excludes halogenated alkanes) is 1. The molecule has 1 aromatic rings. The number of H-pyrrole nitrogens is 1. The van der Waals surface area contributed by atoms with Crippen molar-refractivity contribution in [1.82, 2.24) is 15.3 Å². The van der Waals surface area contributed by atoms with Gasteiger partial charge in [0, 0.05) is 12.6 Å². The first kappa shape index (κ1) is 14.2. The van der Waals surface area contributed by atoms with Crippen LogP contribution >= 0.6 is 0 Å². The lowest BCUT2D eigenvalue weighted by Gasteiger charge is -2.08. The predicted octanol–water partition coefficient (Wildman–Crippen LogP) is 1.81. The lowest BCUT2D eigenvalue weighted by atomic mass is 10.1. The van der Waals surface area contributed by atoms with Gasteiger partial charge >= 0.3 is 6.03 Å². The molecule has 0 bridgehead atoms. The van der Waals surface area contributed by atoms with Crippen molar-refractivity contribution in [3.8, 4) is 0 Å². The van der Waals surface area contributed by atoms with Crippen molar-refractivity contribution in [2.75, 3.05) is 11.9 Å². The molecule has 0 aromatic carbocycles. The number of amides is 2. The van der Waals surface area contributed by atoms with Crippen molar-refractivity contribution < 1.29 is 4.79 Å². The van der Waals surface area contributed by atoms with Gasteiger partial charge in [0.15, 0.2) is 0 Å². The van der Waals surface area contributed by atoms with Crippen molar-refractivity contribution in [1.29, 1.82) is 0 Å². The number of carbonyl (C=O) groups excluding carboxylic acids is 1. The highest BCUT2D eigenvalue weighted by molar-refractivity contribution is 5.87. The monoisotopic (exact) mass is 252 g/mol. The van der Waals surface area contributed by atoms with Crippen LogP contribution in [0, 0.1) is 0 Å². The molecular weight excluding hydrogens is 232 g/mol. The SMILES string of the molecule is CCCCNC(=O)Nc1nc(C(C)C)cc(=O)[nH]1. The van der Waals surface area contributed by atoms with Crippen LogP contribution in [0.4, 0.5) is 10.7 Å². The molecule has 1 aromatic heterocycles. The number of urea groups is 1. The van der Waals surface area contributed by atoms with Crippen LogP contribution in [0.2, 0.25) is 0 Å². The van der Waals surface area contributed by atoms with Gasteiger partial charge in [-0.2, -0.15) is 0 Å². The van der Waals surface area contributed by atoms with Crippen molar-refractivity contribution >= 4 is 12.0 Å². The number of aromatic amines is 1. The first-order valence-corrected chi connectivity index (χ1v) is 6.19. The van der Waals surface area contributed by atoms with E-state index in [0.717, 1.165) is 12.8 Å². The van der Waals surface area contributed by atoms with Gasteiger partial charge in [-0.15, -0.1) is 0 Å². The normalized spacial score (nSPS) is 10.4. The third-order valence-corrected chi connectivity index (χ3v) is 2.40. The first-order chi connectivity index (χ1) is 8.52. The van der Waals surface area contributed by atoms with Crippen LogP contribution in [-0.2, 0) is 0 Å². The molecule has 0 saturated heterocycles. The quantitative estimate of drug-likeness (QED) is 0.698. The summed E-state index contributed by atoms with van der Waals surface area (Å²) in [7, 11) is 0. The van der Waals surface area contributed by atoms with E-state index < -0.39 is 0 Å². The van der Waals surface area contributed by atoms with Gasteiger partial charge < -0.3 is 5.32 Å². The summed E-state index contributed by atoms with van der Waals surface area (Å²) in [6, 6.07) is 1.08. The number of carbonyl (C=O) groups is 1. The molecule has 6 heteroatoms. The molecule has 0 aliphatic carbocycles. The standard InChI is InChI=1S/C12H20N4O2/c1-4-5-6-13-12(18)16-11-14-9(8(2)3)7-10(17)15-11/h7-8H,4-6H2,1-3H3,(H3,13,14,15,16,17,18). The van der Waals surface area contributed by atoms with Crippen molar-refractivity contribution in [2.45, 2.75) is 39.5 Å². The summed E-state index contributed by atoms with van der Waals surface area (Å²) in [4.78, 5) is 29.5. The Morgan fingerprint density at radius 3 is 2.83 bits per heavy atom. The third-order valence-electron chi connectivity index (χ3n) is 2.40. The molecule has 100 valence electrons. The van der Waals surface area contributed by atoms with E-state index >= 15 is 0 Å². The summed E-state index contributed by atoms with van der Waals surface area (Å²) in [5, 5.41) is 5.21. The Hall–Kier alpha value is -1.85. The van der Waals surface area contributed by atoms with Gasteiger partial charge in [-0.1, -0.05) is 27.2 Å². The molecule has 1 heterocycles. The summed E-state index contributed by atoms with van der Waals surface area (Å²) in [5.74, 6) is 0.316. The molecule has 1 rings (SSSR count). The maximum absolute atomic E-state index is 11.5. The largest absolute Gasteiger partial charge is 0.338 e. The third kappa shape index (κ3) is 4.57. The van der Waals surface area contributed by atoms with Crippen molar-refractivity contribution in [2.24, 2.45) is 0 Å². The van der Waals surface area contributed by atoms with Crippen LogP contribution in [0.5, 0.6) is 0 Å². The predicted molar refractivity (Wildman–Crippen MR) is 70.9 cm³/mol. The minimum absolute atomic E-state index is 0.135. The molecule has 0 fully saturated rings. The number of hydrogen-bond acceptors (Lipinski definition) is 3. The Kier molecular flexibility index (Phi) is 5.35. The van der Waals surface area contributed by atoms with Gasteiger partial charge in [0.05, 0.1) is 5.69 Å². The zero-order chi connectivity index (χ0) is 13.5. The smallest absolute Gasteiger partial charge is 0.321 e. The van der Waals surface area contributed by atoms with Crippen molar-refractivity contribution in [3.63, 3.8) is 0 Å². The summed E-state index contributed by atoms with van der Waals surface area (Å²) in [6.45, 7) is 6.53. The van der Waals surface area contributed by atoms with E-state index in [-0.39, 0.29) is 23.5 Å². The van der Waals surface area contributed by atoms with Crippen LogP contribution in [0.15, 0.2) is 10.9 Å². The van der Waals surface area contributed by atoms with Crippen LogP contribution in [-0.4, -0.2) is 22.5 Å². The molecule has 0 saturated carbocycles. The Balaban J connectivity index is 2.66. The lowest BCUT2D eigenvalue weighted by molar-refractivity contribution is 0.252. The number of nitrogens with one attached hydrogen (secondary N) is 3. The second kappa shape index (κ2) is 6.78. The molecule has 0 spiro atoms. The van der Waals surface area contributed by atoms with E-state index in [1.165, 1.54) is 6.07 Å². The molecule has 0 aliphatic rings.